The highest BCUT2D eigenvalue weighted by Crippen LogP contribution is 2.38. The van der Waals surface area contributed by atoms with Gasteiger partial charge < -0.3 is 19.9 Å². The van der Waals surface area contributed by atoms with Crippen molar-refractivity contribution in [2.75, 3.05) is 13.2 Å². The van der Waals surface area contributed by atoms with Gasteiger partial charge in [-0.05, 0) is 43.4 Å². The van der Waals surface area contributed by atoms with Crippen molar-refractivity contribution >= 4 is 11.6 Å². The Labute approximate surface area is 130 Å². The number of halogens is 1. The summed E-state index contributed by atoms with van der Waals surface area (Å²) in [5.74, 6) is 1.41. The van der Waals surface area contributed by atoms with Crippen LogP contribution in [-0.4, -0.2) is 30.5 Å². The number of hydrogen-bond acceptors (Lipinski definition) is 4. The van der Waals surface area contributed by atoms with Gasteiger partial charge in [-0.25, -0.2) is 0 Å². The second kappa shape index (κ2) is 6.86. The van der Waals surface area contributed by atoms with Crippen molar-refractivity contribution in [1.29, 1.82) is 0 Å². The average molecular weight is 312 g/mol. The van der Waals surface area contributed by atoms with E-state index in [0.29, 0.717) is 30.0 Å². The molecule has 0 amide bonds. The van der Waals surface area contributed by atoms with E-state index < -0.39 is 0 Å². The molecule has 4 nitrogen and oxygen atoms in total. The van der Waals surface area contributed by atoms with Crippen LogP contribution in [0.3, 0.4) is 0 Å². The second-order valence-corrected chi connectivity index (χ2v) is 6.25. The third-order valence-electron chi connectivity index (χ3n) is 4.15. The fourth-order valence-corrected chi connectivity index (χ4v) is 3.22. The van der Waals surface area contributed by atoms with E-state index in [0.717, 1.165) is 50.0 Å². The minimum atomic E-state index is -0.115. The van der Waals surface area contributed by atoms with Crippen LogP contribution in [0.25, 0.3) is 0 Å². The molecular formula is C16H22ClNO3. The summed E-state index contributed by atoms with van der Waals surface area (Å²) in [6.45, 7) is 2.08. The van der Waals surface area contributed by atoms with Crippen molar-refractivity contribution in [1.82, 2.24) is 5.32 Å². The zero-order valence-corrected chi connectivity index (χ0v) is 12.9. The van der Waals surface area contributed by atoms with Gasteiger partial charge in [0, 0.05) is 19.0 Å². The number of rotatable bonds is 3. The number of fused-ring (bicyclic) bond motifs is 1. The Balaban J connectivity index is 1.63. The first-order valence-corrected chi connectivity index (χ1v) is 8.09. The third-order valence-corrected chi connectivity index (χ3v) is 4.43. The van der Waals surface area contributed by atoms with E-state index in [1.807, 2.05) is 12.1 Å². The van der Waals surface area contributed by atoms with Gasteiger partial charge in [0.15, 0.2) is 11.5 Å². The first-order chi connectivity index (χ1) is 10.2. The molecule has 0 unspecified atom stereocenters. The molecule has 1 heterocycles. The van der Waals surface area contributed by atoms with Crippen LogP contribution in [0.2, 0.25) is 5.02 Å². The minimum Gasteiger partial charge on any atom is -0.489 e. The smallest absolute Gasteiger partial charge is 0.179 e. The van der Waals surface area contributed by atoms with E-state index in [2.05, 4.69) is 5.32 Å². The maximum Gasteiger partial charge on any atom is 0.179 e. The Hall–Kier alpha value is -0.970. The number of aliphatic hydroxyl groups is 1. The highest BCUT2D eigenvalue weighted by Gasteiger charge is 2.20. The molecule has 0 aromatic heterocycles. The third kappa shape index (κ3) is 3.82. The first-order valence-electron chi connectivity index (χ1n) is 7.72. The summed E-state index contributed by atoms with van der Waals surface area (Å²) >= 11 is 6.29. The van der Waals surface area contributed by atoms with Gasteiger partial charge in [0.1, 0.15) is 0 Å². The lowest BCUT2D eigenvalue weighted by molar-refractivity contribution is 0.116. The Bertz CT molecular complexity index is 487. The second-order valence-electron chi connectivity index (χ2n) is 5.84. The average Bonchev–Trinajstić information content (AvgIpc) is 2.72. The molecule has 3 rings (SSSR count). The lowest BCUT2D eigenvalue weighted by Gasteiger charge is -2.26. The van der Waals surface area contributed by atoms with Gasteiger partial charge in [0.05, 0.1) is 24.3 Å². The van der Waals surface area contributed by atoms with Crippen LogP contribution in [0.15, 0.2) is 12.1 Å². The van der Waals surface area contributed by atoms with E-state index in [4.69, 9.17) is 21.1 Å². The zero-order chi connectivity index (χ0) is 14.7. The lowest BCUT2D eigenvalue weighted by atomic mass is 9.93. The van der Waals surface area contributed by atoms with Crippen LogP contribution in [0.4, 0.5) is 0 Å². The van der Waals surface area contributed by atoms with Crippen molar-refractivity contribution in [3.8, 4) is 11.5 Å². The molecule has 1 aliphatic carbocycles. The van der Waals surface area contributed by atoms with Crippen molar-refractivity contribution < 1.29 is 14.6 Å². The standard InChI is InChI=1S/C16H22ClNO3/c17-14-8-11(9-15-16(14)21-7-1-6-20-15)10-18-12-2-4-13(19)5-3-12/h8-9,12-13,18-19H,1-7,10H2. The molecular weight excluding hydrogens is 290 g/mol. The Morgan fingerprint density at radius 3 is 2.71 bits per heavy atom. The topological polar surface area (TPSA) is 50.7 Å². The van der Waals surface area contributed by atoms with Crippen LogP contribution in [0.1, 0.15) is 37.7 Å². The molecule has 0 spiro atoms. The Kier molecular flexibility index (Phi) is 4.88. The van der Waals surface area contributed by atoms with E-state index in [9.17, 15) is 5.11 Å². The summed E-state index contributed by atoms with van der Waals surface area (Å²) in [6, 6.07) is 4.43. The fraction of sp³-hybridized carbons (Fsp3) is 0.625. The monoisotopic (exact) mass is 311 g/mol. The van der Waals surface area contributed by atoms with E-state index >= 15 is 0 Å². The number of benzene rings is 1. The van der Waals surface area contributed by atoms with Gasteiger partial charge in [-0.15, -0.1) is 0 Å². The lowest BCUT2D eigenvalue weighted by Crippen LogP contribution is -2.34. The van der Waals surface area contributed by atoms with Crippen molar-refractivity contribution in [2.24, 2.45) is 0 Å². The number of hydrogen-bond donors (Lipinski definition) is 2. The molecule has 116 valence electrons. The molecule has 21 heavy (non-hydrogen) atoms. The fourth-order valence-electron chi connectivity index (χ4n) is 2.93. The highest BCUT2D eigenvalue weighted by molar-refractivity contribution is 6.32. The largest absolute Gasteiger partial charge is 0.489 e. The number of aliphatic hydroxyl groups excluding tert-OH is 1. The maximum atomic E-state index is 9.53. The summed E-state index contributed by atoms with van der Waals surface area (Å²) < 4.78 is 11.3. The van der Waals surface area contributed by atoms with Crippen molar-refractivity contribution in [2.45, 2.75) is 50.8 Å². The van der Waals surface area contributed by atoms with E-state index in [1.54, 1.807) is 0 Å². The van der Waals surface area contributed by atoms with Crippen LogP contribution in [-0.2, 0) is 6.54 Å². The van der Waals surface area contributed by atoms with Crippen LogP contribution in [0, 0.1) is 0 Å². The molecule has 2 N–H and O–H groups in total. The van der Waals surface area contributed by atoms with Gasteiger partial charge in [-0.2, -0.15) is 0 Å². The molecule has 0 radical (unpaired) electrons. The van der Waals surface area contributed by atoms with E-state index in [1.165, 1.54) is 0 Å². The van der Waals surface area contributed by atoms with Crippen LogP contribution in [0.5, 0.6) is 11.5 Å². The quantitative estimate of drug-likeness (QED) is 0.901. The SMILES string of the molecule is OC1CCC(NCc2cc(Cl)c3c(c2)OCCCO3)CC1. The summed E-state index contributed by atoms with van der Waals surface area (Å²) in [6.07, 6.45) is 4.59. The highest BCUT2D eigenvalue weighted by atomic mass is 35.5. The molecule has 1 aromatic rings. The molecule has 1 aromatic carbocycles. The van der Waals surface area contributed by atoms with Crippen molar-refractivity contribution in [3.63, 3.8) is 0 Å². The normalized spacial score (nSPS) is 25.4. The number of ether oxygens (including phenoxy) is 2. The summed E-state index contributed by atoms with van der Waals surface area (Å²) in [5, 5.41) is 13.7. The molecule has 2 aliphatic rings. The van der Waals surface area contributed by atoms with Gasteiger partial charge >= 0.3 is 0 Å². The Morgan fingerprint density at radius 1 is 1.14 bits per heavy atom. The predicted octanol–water partition coefficient (Wildman–Crippen LogP) is 2.89. The van der Waals surface area contributed by atoms with Gasteiger partial charge in [0.2, 0.25) is 0 Å². The van der Waals surface area contributed by atoms with Gasteiger partial charge in [-0.1, -0.05) is 11.6 Å². The minimum absolute atomic E-state index is 0.115. The molecule has 0 saturated heterocycles. The predicted molar refractivity (Wildman–Crippen MR) is 82.2 cm³/mol. The first kappa shape index (κ1) is 14.9. The molecule has 0 atom stereocenters. The summed E-state index contributed by atoms with van der Waals surface area (Å²) in [7, 11) is 0. The summed E-state index contributed by atoms with van der Waals surface area (Å²) in [4.78, 5) is 0. The Morgan fingerprint density at radius 2 is 1.90 bits per heavy atom. The van der Waals surface area contributed by atoms with Crippen LogP contribution >= 0.6 is 11.6 Å². The molecule has 0 bridgehead atoms. The van der Waals surface area contributed by atoms with Crippen molar-refractivity contribution in [3.05, 3.63) is 22.7 Å². The zero-order valence-electron chi connectivity index (χ0n) is 12.1. The van der Waals surface area contributed by atoms with E-state index in [-0.39, 0.29) is 6.10 Å². The molecule has 1 aliphatic heterocycles. The van der Waals surface area contributed by atoms with Gasteiger partial charge in [0.25, 0.3) is 0 Å². The summed E-state index contributed by atoms with van der Waals surface area (Å²) in [5.41, 5.74) is 1.11. The molecule has 1 fully saturated rings. The number of nitrogens with one attached hydrogen (secondary N) is 1. The molecule has 5 heteroatoms. The van der Waals surface area contributed by atoms with Gasteiger partial charge in [-0.3, -0.25) is 0 Å². The maximum absolute atomic E-state index is 9.53. The molecule has 1 saturated carbocycles. The van der Waals surface area contributed by atoms with Crippen LogP contribution < -0.4 is 14.8 Å².